The molecule has 1 aromatic carbocycles. The third-order valence-corrected chi connectivity index (χ3v) is 1.40. The molecule has 0 fully saturated rings. The van der Waals surface area contributed by atoms with E-state index in [0.717, 1.165) is 5.52 Å². The largest absolute Gasteiger partial charge is 1.00 e. The van der Waals surface area contributed by atoms with E-state index >= 15 is 0 Å². The minimum atomic E-state index is 0. The second kappa shape index (κ2) is 2.96. The van der Waals surface area contributed by atoms with Gasteiger partial charge in [-0.25, -0.2) is 0 Å². The third kappa shape index (κ3) is 1.11. The first kappa shape index (κ1) is 7.46. The molecule has 0 atom stereocenters. The first-order chi connectivity index (χ1) is 4.47. The van der Waals surface area contributed by atoms with Crippen molar-refractivity contribution >= 4 is 10.9 Å². The summed E-state index contributed by atoms with van der Waals surface area (Å²) < 4.78 is 0. The van der Waals surface area contributed by atoms with Crippen molar-refractivity contribution in [3.63, 3.8) is 0 Å². The Labute approximate surface area is 71.6 Å². The normalized spacial score (nSPS) is 9.20. The summed E-state index contributed by atoms with van der Waals surface area (Å²) in [6.45, 7) is 0. The van der Waals surface area contributed by atoms with Crippen LogP contribution in [0.3, 0.4) is 0 Å². The molecule has 0 spiro atoms. The molecule has 2 aromatic rings. The number of rotatable bonds is 0. The Morgan fingerprint density at radius 3 is 3.00 bits per heavy atom. The van der Waals surface area contributed by atoms with Crippen molar-refractivity contribution in [2.75, 3.05) is 0 Å². The van der Waals surface area contributed by atoms with Gasteiger partial charge in [0.25, 0.3) is 0 Å². The van der Waals surface area contributed by atoms with E-state index in [9.17, 15) is 0 Å². The second-order valence-electron chi connectivity index (χ2n) is 1.99. The summed E-state index contributed by atoms with van der Waals surface area (Å²) >= 11 is 0. The summed E-state index contributed by atoms with van der Waals surface area (Å²) in [7, 11) is 0. The van der Waals surface area contributed by atoms with Crippen LogP contribution in [0, 0.1) is 6.07 Å². The zero-order valence-electron chi connectivity index (χ0n) is 5.89. The molecule has 0 aliphatic heterocycles. The van der Waals surface area contributed by atoms with Crippen LogP contribution >= 0.6 is 0 Å². The zero-order valence-corrected chi connectivity index (χ0v) is 5.89. The molecule has 0 aliphatic carbocycles. The standard InChI is InChI=1S/C8H6N.Li/c1-2-4-8-7(3-1)5-6-9-8;/h1,3-6,9H;/q-1;+1. The molecule has 0 saturated heterocycles. The van der Waals surface area contributed by atoms with Gasteiger partial charge in [-0.1, -0.05) is 11.6 Å². The van der Waals surface area contributed by atoms with Crippen molar-refractivity contribution in [3.05, 3.63) is 36.5 Å². The van der Waals surface area contributed by atoms with E-state index in [1.807, 2.05) is 30.5 Å². The Bertz CT molecular complexity index is 283. The molecule has 0 aliphatic rings. The number of aromatic nitrogens is 1. The van der Waals surface area contributed by atoms with Gasteiger partial charge < -0.3 is 4.98 Å². The first-order valence-corrected chi connectivity index (χ1v) is 2.90. The number of aromatic amines is 1. The summed E-state index contributed by atoms with van der Waals surface area (Å²) in [6.07, 6.45) is 1.93. The molecule has 2 heteroatoms. The Morgan fingerprint density at radius 2 is 2.20 bits per heavy atom. The molecule has 10 heavy (non-hydrogen) atoms. The van der Waals surface area contributed by atoms with Gasteiger partial charge in [-0.3, -0.25) is 0 Å². The Kier molecular flexibility index (Phi) is 2.21. The average Bonchev–Trinajstić information content (AvgIpc) is 2.33. The molecule has 1 N–H and O–H groups in total. The number of hydrogen-bond acceptors (Lipinski definition) is 0. The third-order valence-electron chi connectivity index (χ3n) is 1.40. The van der Waals surface area contributed by atoms with Crippen LogP contribution in [0.15, 0.2) is 30.5 Å². The quantitative estimate of drug-likeness (QED) is 0.340. The van der Waals surface area contributed by atoms with Gasteiger partial charge >= 0.3 is 18.9 Å². The maximum absolute atomic E-state index is 3.09. The van der Waals surface area contributed by atoms with Crippen LogP contribution in [-0.4, -0.2) is 4.98 Å². The Balaban J connectivity index is 0.000000500. The molecule has 0 radical (unpaired) electrons. The molecule has 1 heterocycles. The van der Waals surface area contributed by atoms with Crippen molar-refractivity contribution in [2.45, 2.75) is 0 Å². The van der Waals surface area contributed by atoms with Gasteiger partial charge in [0.2, 0.25) is 0 Å². The molecule has 0 unspecified atom stereocenters. The molecule has 1 nitrogen and oxygen atoms in total. The van der Waals surface area contributed by atoms with Gasteiger partial charge in [0, 0.05) is 0 Å². The fourth-order valence-corrected chi connectivity index (χ4v) is 0.934. The molecule has 1 aromatic heterocycles. The fourth-order valence-electron chi connectivity index (χ4n) is 0.934. The van der Waals surface area contributed by atoms with Crippen LogP contribution in [0.1, 0.15) is 0 Å². The summed E-state index contributed by atoms with van der Waals surface area (Å²) in [4.78, 5) is 3.09. The smallest absolute Gasteiger partial charge is 0.414 e. The van der Waals surface area contributed by atoms with Gasteiger partial charge in [-0.15, -0.1) is 5.39 Å². The van der Waals surface area contributed by atoms with Crippen LogP contribution < -0.4 is 18.9 Å². The van der Waals surface area contributed by atoms with Crippen LogP contribution in [0.5, 0.6) is 0 Å². The monoisotopic (exact) mass is 123 g/mol. The predicted octanol–water partition coefficient (Wildman–Crippen LogP) is -1.03. The molecule has 0 amide bonds. The summed E-state index contributed by atoms with van der Waals surface area (Å²) in [5.74, 6) is 0. The maximum Gasteiger partial charge on any atom is 1.00 e. The molecule has 44 valence electrons. The Hall–Kier alpha value is -0.643. The number of H-pyrrole nitrogens is 1. The van der Waals surface area contributed by atoms with E-state index in [1.165, 1.54) is 5.39 Å². The van der Waals surface area contributed by atoms with Gasteiger partial charge in [-0.05, 0) is 6.20 Å². The van der Waals surface area contributed by atoms with E-state index in [2.05, 4.69) is 11.1 Å². The Morgan fingerprint density at radius 1 is 1.30 bits per heavy atom. The van der Waals surface area contributed by atoms with Crippen molar-refractivity contribution in [2.24, 2.45) is 0 Å². The van der Waals surface area contributed by atoms with Crippen LogP contribution in [0.25, 0.3) is 10.9 Å². The number of nitrogens with one attached hydrogen (secondary N) is 1. The molecular formula is C8H6LiN. The molecule has 2 rings (SSSR count). The van der Waals surface area contributed by atoms with Crippen LogP contribution in [0.2, 0.25) is 0 Å². The van der Waals surface area contributed by atoms with Crippen molar-refractivity contribution in [1.82, 2.24) is 4.98 Å². The summed E-state index contributed by atoms with van der Waals surface area (Å²) in [5.41, 5.74) is 1.15. The first-order valence-electron chi connectivity index (χ1n) is 2.90. The van der Waals surface area contributed by atoms with Gasteiger partial charge in [0.15, 0.2) is 0 Å². The molecular weight excluding hydrogens is 117 g/mol. The van der Waals surface area contributed by atoms with Crippen LogP contribution in [0.4, 0.5) is 0 Å². The van der Waals surface area contributed by atoms with E-state index in [4.69, 9.17) is 0 Å². The minimum Gasteiger partial charge on any atom is -0.414 e. The SMILES string of the molecule is [Li+].[c-]1ccc2cc[nH]c2c1. The number of benzene rings is 1. The number of hydrogen-bond donors (Lipinski definition) is 1. The van der Waals surface area contributed by atoms with E-state index in [-0.39, 0.29) is 18.9 Å². The number of fused-ring (bicyclic) bond motifs is 1. The fraction of sp³-hybridized carbons (Fsp3) is 0. The van der Waals surface area contributed by atoms with E-state index < -0.39 is 0 Å². The van der Waals surface area contributed by atoms with Gasteiger partial charge in [0.1, 0.15) is 0 Å². The van der Waals surface area contributed by atoms with Gasteiger partial charge in [0.05, 0.1) is 0 Å². The summed E-state index contributed by atoms with van der Waals surface area (Å²) in [5, 5.41) is 1.24. The van der Waals surface area contributed by atoms with E-state index in [0.29, 0.717) is 0 Å². The summed E-state index contributed by atoms with van der Waals surface area (Å²) in [6, 6.07) is 10.9. The predicted molar refractivity (Wildman–Crippen MR) is 37.1 cm³/mol. The van der Waals surface area contributed by atoms with E-state index in [1.54, 1.807) is 0 Å². The van der Waals surface area contributed by atoms with Crippen molar-refractivity contribution < 1.29 is 18.9 Å². The minimum absolute atomic E-state index is 0. The maximum atomic E-state index is 3.09. The van der Waals surface area contributed by atoms with Crippen molar-refractivity contribution in [1.29, 1.82) is 0 Å². The second-order valence-corrected chi connectivity index (χ2v) is 1.99. The zero-order chi connectivity index (χ0) is 6.10. The van der Waals surface area contributed by atoms with Crippen molar-refractivity contribution in [3.8, 4) is 0 Å². The van der Waals surface area contributed by atoms with Crippen LogP contribution in [-0.2, 0) is 0 Å². The topological polar surface area (TPSA) is 15.8 Å². The van der Waals surface area contributed by atoms with Gasteiger partial charge in [-0.2, -0.15) is 24.3 Å². The average molecular weight is 123 g/mol. The molecule has 0 saturated carbocycles. The molecule has 0 bridgehead atoms.